The molecular weight excluding hydrogens is 218 g/mol. The van der Waals surface area contributed by atoms with Gasteiger partial charge in [-0.15, -0.1) is 0 Å². The molecule has 0 bridgehead atoms. The van der Waals surface area contributed by atoms with Crippen LogP contribution in [0.15, 0.2) is 52.5 Å². The lowest BCUT2D eigenvalue weighted by molar-refractivity contribution is 0.679. The normalized spacial score (nSPS) is 12.4. The molecule has 0 radical (unpaired) electrons. The fourth-order valence-electron chi connectivity index (χ4n) is 1.48. The molecule has 1 heterocycles. The van der Waals surface area contributed by atoms with Crippen LogP contribution in [0.2, 0.25) is 0 Å². The summed E-state index contributed by atoms with van der Waals surface area (Å²) >= 11 is 0. The van der Waals surface area contributed by atoms with Gasteiger partial charge in [0.15, 0.2) is 0 Å². The Morgan fingerprint density at radius 2 is 1.94 bits per heavy atom. The number of hydrogen-bond donors (Lipinski definition) is 0. The average Bonchev–Trinajstić information content (AvgIpc) is 2.32. The van der Waals surface area contributed by atoms with Crippen LogP contribution < -0.4 is 0 Å². The lowest BCUT2D eigenvalue weighted by Gasteiger charge is -2.06. The Morgan fingerprint density at radius 3 is 2.62 bits per heavy atom. The number of benzene rings is 1. The molecule has 3 heteroatoms. The first-order chi connectivity index (χ1) is 7.68. The summed E-state index contributed by atoms with van der Waals surface area (Å²) in [6.45, 7) is 3.97. The van der Waals surface area contributed by atoms with E-state index < -0.39 is 10.8 Å². The van der Waals surface area contributed by atoms with Gasteiger partial charge in [0.05, 0.1) is 0 Å². The summed E-state index contributed by atoms with van der Waals surface area (Å²) in [6.07, 6.45) is 1.67. The molecule has 0 aliphatic rings. The van der Waals surface area contributed by atoms with Crippen molar-refractivity contribution in [2.75, 3.05) is 0 Å². The summed E-state index contributed by atoms with van der Waals surface area (Å²) in [6, 6.07) is 11.4. The Morgan fingerprint density at radius 1 is 1.12 bits per heavy atom. The van der Waals surface area contributed by atoms with Crippen LogP contribution in [-0.4, -0.2) is 9.19 Å². The minimum absolute atomic E-state index is 0.608. The van der Waals surface area contributed by atoms with Crippen LogP contribution in [0.1, 0.15) is 11.1 Å². The van der Waals surface area contributed by atoms with Gasteiger partial charge in [-0.05, 0) is 43.2 Å². The number of aromatic nitrogens is 1. The Bertz CT molecular complexity index is 523. The van der Waals surface area contributed by atoms with Gasteiger partial charge in [0.25, 0.3) is 0 Å². The highest BCUT2D eigenvalue weighted by molar-refractivity contribution is 7.85. The fourth-order valence-corrected chi connectivity index (χ4v) is 2.71. The molecule has 0 saturated carbocycles. The van der Waals surface area contributed by atoms with Crippen LogP contribution in [0.3, 0.4) is 0 Å². The Kier molecular flexibility index (Phi) is 3.15. The lowest BCUT2D eigenvalue weighted by Crippen LogP contribution is -1.98. The van der Waals surface area contributed by atoms with Gasteiger partial charge >= 0.3 is 0 Å². The topological polar surface area (TPSA) is 30.0 Å². The van der Waals surface area contributed by atoms with E-state index in [1.54, 1.807) is 12.3 Å². The second-order valence-corrected chi connectivity index (χ2v) is 5.10. The minimum Gasteiger partial charge on any atom is -0.247 e. The molecule has 0 spiro atoms. The Hall–Kier alpha value is -1.48. The molecule has 2 aromatic rings. The van der Waals surface area contributed by atoms with Gasteiger partial charge in [-0.3, -0.25) is 0 Å². The van der Waals surface area contributed by atoms with Gasteiger partial charge in [0, 0.05) is 11.1 Å². The van der Waals surface area contributed by atoms with Crippen molar-refractivity contribution in [3.05, 3.63) is 53.7 Å². The van der Waals surface area contributed by atoms with Gasteiger partial charge in [0.2, 0.25) is 0 Å². The van der Waals surface area contributed by atoms with Crippen LogP contribution >= 0.6 is 0 Å². The zero-order chi connectivity index (χ0) is 11.5. The third-order valence-electron chi connectivity index (χ3n) is 2.37. The fraction of sp³-hybridized carbons (Fsp3) is 0.154. The van der Waals surface area contributed by atoms with E-state index in [-0.39, 0.29) is 0 Å². The third-order valence-corrected chi connectivity index (χ3v) is 3.83. The van der Waals surface area contributed by atoms with Gasteiger partial charge in [0.1, 0.15) is 15.8 Å². The molecule has 1 aromatic carbocycles. The van der Waals surface area contributed by atoms with Crippen molar-refractivity contribution in [3.8, 4) is 0 Å². The quantitative estimate of drug-likeness (QED) is 0.795. The molecule has 2 nitrogen and oxygen atoms in total. The zero-order valence-corrected chi connectivity index (χ0v) is 10.1. The van der Waals surface area contributed by atoms with Gasteiger partial charge in [-0.2, -0.15) is 0 Å². The van der Waals surface area contributed by atoms with Crippen molar-refractivity contribution in [3.63, 3.8) is 0 Å². The molecule has 16 heavy (non-hydrogen) atoms. The van der Waals surface area contributed by atoms with Crippen molar-refractivity contribution in [2.45, 2.75) is 23.8 Å². The van der Waals surface area contributed by atoms with Crippen LogP contribution in [0.5, 0.6) is 0 Å². The molecule has 1 aromatic heterocycles. The summed E-state index contributed by atoms with van der Waals surface area (Å²) in [5, 5.41) is 0.608. The highest BCUT2D eigenvalue weighted by atomic mass is 32.2. The minimum atomic E-state index is -1.18. The summed E-state index contributed by atoms with van der Waals surface area (Å²) in [4.78, 5) is 4.97. The van der Waals surface area contributed by atoms with Gasteiger partial charge < -0.3 is 0 Å². The predicted molar refractivity (Wildman–Crippen MR) is 64.8 cm³/mol. The summed E-state index contributed by atoms with van der Waals surface area (Å²) in [5.74, 6) is 0. The third kappa shape index (κ3) is 2.19. The van der Waals surface area contributed by atoms with E-state index in [0.717, 1.165) is 16.0 Å². The summed E-state index contributed by atoms with van der Waals surface area (Å²) < 4.78 is 12.3. The van der Waals surface area contributed by atoms with Gasteiger partial charge in [-0.1, -0.05) is 18.2 Å². The van der Waals surface area contributed by atoms with E-state index in [1.807, 2.05) is 44.2 Å². The van der Waals surface area contributed by atoms with Crippen LogP contribution in [0.4, 0.5) is 0 Å². The number of rotatable bonds is 2. The highest BCUT2D eigenvalue weighted by Gasteiger charge is 2.10. The predicted octanol–water partition coefficient (Wildman–Crippen LogP) is 2.87. The molecule has 0 fully saturated rings. The number of nitrogens with zero attached hydrogens (tertiary/aromatic N) is 1. The number of pyridine rings is 1. The van der Waals surface area contributed by atoms with Crippen molar-refractivity contribution in [1.29, 1.82) is 0 Å². The second-order valence-electron chi connectivity index (χ2n) is 3.71. The van der Waals surface area contributed by atoms with Crippen LogP contribution in [-0.2, 0) is 10.8 Å². The van der Waals surface area contributed by atoms with Crippen LogP contribution in [0, 0.1) is 13.8 Å². The largest absolute Gasteiger partial charge is 0.247 e. The molecule has 0 aliphatic heterocycles. The molecule has 1 atom stereocenters. The highest BCUT2D eigenvalue weighted by Crippen LogP contribution is 2.19. The molecule has 1 unspecified atom stereocenters. The monoisotopic (exact) mass is 231 g/mol. The smallest absolute Gasteiger partial charge is 0.132 e. The molecular formula is C13H13NOS. The maximum Gasteiger partial charge on any atom is 0.132 e. The number of aryl methyl sites for hydroxylation is 2. The molecule has 0 N–H and O–H groups in total. The van der Waals surface area contributed by atoms with E-state index in [2.05, 4.69) is 4.98 Å². The molecule has 0 aliphatic carbocycles. The Balaban J connectivity index is 2.46. The lowest BCUT2D eigenvalue weighted by atomic mass is 10.2. The molecule has 0 saturated heterocycles. The molecule has 82 valence electrons. The number of hydrogen-bond acceptors (Lipinski definition) is 2. The maximum absolute atomic E-state index is 12.3. The summed E-state index contributed by atoms with van der Waals surface area (Å²) in [7, 11) is -1.18. The zero-order valence-electron chi connectivity index (χ0n) is 9.31. The molecule has 0 amide bonds. The summed E-state index contributed by atoms with van der Waals surface area (Å²) in [5.41, 5.74) is 2.15. The SMILES string of the molecule is Cc1ccc(C)c(S(=O)c2ccccn2)c1. The first kappa shape index (κ1) is 11.0. The van der Waals surface area contributed by atoms with E-state index >= 15 is 0 Å². The van der Waals surface area contributed by atoms with E-state index in [0.29, 0.717) is 5.03 Å². The van der Waals surface area contributed by atoms with Crippen molar-refractivity contribution >= 4 is 10.8 Å². The van der Waals surface area contributed by atoms with E-state index in [4.69, 9.17) is 0 Å². The average molecular weight is 231 g/mol. The maximum atomic E-state index is 12.3. The van der Waals surface area contributed by atoms with Crippen molar-refractivity contribution < 1.29 is 4.21 Å². The van der Waals surface area contributed by atoms with Crippen molar-refractivity contribution in [1.82, 2.24) is 4.98 Å². The van der Waals surface area contributed by atoms with Crippen molar-refractivity contribution in [2.24, 2.45) is 0 Å². The van der Waals surface area contributed by atoms with Gasteiger partial charge in [-0.25, -0.2) is 9.19 Å². The Labute approximate surface area is 97.8 Å². The van der Waals surface area contributed by atoms with E-state index in [1.165, 1.54) is 0 Å². The first-order valence-corrected chi connectivity index (χ1v) is 6.23. The first-order valence-electron chi connectivity index (χ1n) is 5.08. The van der Waals surface area contributed by atoms with Crippen LogP contribution in [0.25, 0.3) is 0 Å². The molecule has 2 rings (SSSR count). The van der Waals surface area contributed by atoms with E-state index in [9.17, 15) is 4.21 Å². The second kappa shape index (κ2) is 4.58. The standard InChI is InChI=1S/C13H13NOS/c1-10-6-7-11(2)12(9-10)16(15)13-5-3-4-8-14-13/h3-9H,1-2H3.